The van der Waals surface area contributed by atoms with Gasteiger partial charge < -0.3 is 14.8 Å². The molecule has 1 aliphatic heterocycles. The van der Waals surface area contributed by atoms with Crippen LogP contribution >= 0.6 is 0 Å². The van der Waals surface area contributed by atoms with Crippen molar-refractivity contribution in [1.82, 2.24) is 15.5 Å². The van der Waals surface area contributed by atoms with E-state index in [2.05, 4.69) is 15.5 Å². The van der Waals surface area contributed by atoms with Crippen molar-refractivity contribution in [3.63, 3.8) is 0 Å². The van der Waals surface area contributed by atoms with E-state index in [1.165, 1.54) is 12.8 Å². The monoisotopic (exact) mass is 263 g/mol. The Hall–Kier alpha value is -1.20. The second-order valence-corrected chi connectivity index (χ2v) is 5.38. The molecular weight excluding hydrogens is 242 g/mol. The lowest BCUT2D eigenvalue weighted by Crippen LogP contribution is -2.22. The maximum Gasteiger partial charge on any atom is 0.233 e. The van der Waals surface area contributed by atoms with Crippen LogP contribution in [0.25, 0.3) is 0 Å². The topological polar surface area (TPSA) is 56.3 Å². The first-order chi connectivity index (χ1) is 9.40. The highest BCUT2D eigenvalue weighted by atomic mass is 16.5. The molecule has 2 heterocycles. The van der Waals surface area contributed by atoms with E-state index in [1.54, 1.807) is 0 Å². The molecule has 0 spiro atoms. The summed E-state index contributed by atoms with van der Waals surface area (Å²) in [4.78, 5) is 0. The van der Waals surface area contributed by atoms with Gasteiger partial charge in [-0.05, 0) is 37.7 Å². The standard InChI is InChI=1S/C14H21N3O2/c1-2-12(1)15-9-13-3-4-14(17-16-13)19-10-11-5-7-18-8-6-11/h3-4,11-12,15H,1-2,5-10H2. The van der Waals surface area contributed by atoms with Gasteiger partial charge in [0.15, 0.2) is 0 Å². The van der Waals surface area contributed by atoms with Crippen LogP contribution in [0.15, 0.2) is 12.1 Å². The lowest BCUT2D eigenvalue weighted by atomic mass is 10.0. The summed E-state index contributed by atoms with van der Waals surface area (Å²) in [6, 6.07) is 4.60. The van der Waals surface area contributed by atoms with Crippen LogP contribution in [0.3, 0.4) is 0 Å². The third-order valence-corrected chi connectivity index (χ3v) is 3.65. The Labute approximate surface area is 113 Å². The summed E-state index contributed by atoms with van der Waals surface area (Å²) < 4.78 is 11.0. The van der Waals surface area contributed by atoms with E-state index in [1.807, 2.05) is 12.1 Å². The fourth-order valence-electron chi connectivity index (χ4n) is 2.17. The molecule has 5 nitrogen and oxygen atoms in total. The summed E-state index contributed by atoms with van der Waals surface area (Å²) in [5.41, 5.74) is 0.977. The van der Waals surface area contributed by atoms with E-state index in [0.29, 0.717) is 17.8 Å². The summed E-state index contributed by atoms with van der Waals surface area (Å²) in [5, 5.41) is 11.7. The molecule has 104 valence electrons. The Bertz CT molecular complexity index is 386. The molecule has 2 aliphatic rings. The van der Waals surface area contributed by atoms with Crippen molar-refractivity contribution in [2.75, 3.05) is 19.8 Å². The molecule has 0 bridgehead atoms. The molecule has 3 rings (SSSR count). The maximum absolute atomic E-state index is 5.69. The smallest absolute Gasteiger partial charge is 0.233 e. The summed E-state index contributed by atoms with van der Waals surface area (Å²) in [6.07, 6.45) is 4.74. The Balaban J connectivity index is 1.42. The molecule has 1 N–H and O–H groups in total. The molecule has 0 atom stereocenters. The van der Waals surface area contributed by atoms with Crippen molar-refractivity contribution in [1.29, 1.82) is 0 Å². The van der Waals surface area contributed by atoms with Crippen molar-refractivity contribution in [2.24, 2.45) is 5.92 Å². The normalized spacial score (nSPS) is 20.4. The van der Waals surface area contributed by atoms with Gasteiger partial charge in [0, 0.05) is 31.9 Å². The molecule has 1 aliphatic carbocycles. The van der Waals surface area contributed by atoms with Crippen LogP contribution in [0, 0.1) is 5.92 Å². The van der Waals surface area contributed by atoms with Gasteiger partial charge in [0.2, 0.25) is 5.88 Å². The van der Waals surface area contributed by atoms with Gasteiger partial charge in [-0.25, -0.2) is 0 Å². The first kappa shape index (κ1) is 12.8. The molecular formula is C14H21N3O2. The quantitative estimate of drug-likeness (QED) is 0.843. The van der Waals surface area contributed by atoms with Crippen LogP contribution in [-0.4, -0.2) is 36.1 Å². The highest BCUT2D eigenvalue weighted by Gasteiger charge is 2.20. The molecule has 2 fully saturated rings. The fourth-order valence-corrected chi connectivity index (χ4v) is 2.17. The van der Waals surface area contributed by atoms with Crippen LogP contribution in [0.5, 0.6) is 5.88 Å². The van der Waals surface area contributed by atoms with Crippen LogP contribution in [0.1, 0.15) is 31.4 Å². The number of hydrogen-bond acceptors (Lipinski definition) is 5. The third kappa shape index (κ3) is 4.14. The largest absolute Gasteiger partial charge is 0.476 e. The predicted octanol–water partition coefficient (Wildman–Crippen LogP) is 1.53. The summed E-state index contributed by atoms with van der Waals surface area (Å²) in [5.74, 6) is 1.22. The van der Waals surface area contributed by atoms with Gasteiger partial charge in [-0.2, -0.15) is 5.10 Å². The highest BCUT2D eigenvalue weighted by molar-refractivity contribution is 5.11. The van der Waals surface area contributed by atoms with Crippen LogP contribution < -0.4 is 10.1 Å². The number of nitrogens with zero attached hydrogens (tertiary/aromatic N) is 2. The minimum atomic E-state index is 0.590. The number of nitrogens with one attached hydrogen (secondary N) is 1. The molecule has 1 saturated carbocycles. The minimum absolute atomic E-state index is 0.590. The van der Waals surface area contributed by atoms with Gasteiger partial charge in [-0.1, -0.05) is 0 Å². The molecule has 0 amide bonds. The molecule has 0 aromatic carbocycles. The Morgan fingerprint density at radius 1 is 1.16 bits per heavy atom. The van der Waals surface area contributed by atoms with Gasteiger partial charge >= 0.3 is 0 Å². The lowest BCUT2D eigenvalue weighted by molar-refractivity contribution is 0.0489. The second kappa shape index (κ2) is 6.30. The lowest BCUT2D eigenvalue weighted by Gasteiger charge is -2.21. The van der Waals surface area contributed by atoms with Gasteiger partial charge in [0.1, 0.15) is 0 Å². The molecule has 1 aromatic rings. The SMILES string of the molecule is c1cc(OCC2CCOCC2)nnc1CNC1CC1. The number of aromatic nitrogens is 2. The fraction of sp³-hybridized carbons (Fsp3) is 0.714. The average Bonchev–Trinajstić information content (AvgIpc) is 3.29. The molecule has 1 aromatic heterocycles. The van der Waals surface area contributed by atoms with E-state index in [4.69, 9.17) is 9.47 Å². The summed E-state index contributed by atoms with van der Waals surface area (Å²) in [6.45, 7) is 3.23. The van der Waals surface area contributed by atoms with Crippen molar-refractivity contribution < 1.29 is 9.47 Å². The van der Waals surface area contributed by atoms with E-state index < -0.39 is 0 Å². The van der Waals surface area contributed by atoms with Crippen LogP contribution in [0.4, 0.5) is 0 Å². The summed E-state index contributed by atoms with van der Waals surface area (Å²) in [7, 11) is 0. The first-order valence-electron chi connectivity index (χ1n) is 7.17. The molecule has 1 saturated heterocycles. The number of rotatable bonds is 6. The molecule has 19 heavy (non-hydrogen) atoms. The van der Waals surface area contributed by atoms with E-state index in [-0.39, 0.29) is 0 Å². The first-order valence-corrected chi connectivity index (χ1v) is 7.17. The van der Waals surface area contributed by atoms with E-state index in [9.17, 15) is 0 Å². The van der Waals surface area contributed by atoms with Crippen molar-refractivity contribution in [2.45, 2.75) is 38.3 Å². The van der Waals surface area contributed by atoms with Crippen LogP contribution in [-0.2, 0) is 11.3 Å². The highest BCUT2D eigenvalue weighted by Crippen LogP contribution is 2.19. The second-order valence-electron chi connectivity index (χ2n) is 5.38. The van der Waals surface area contributed by atoms with Crippen LogP contribution in [0.2, 0.25) is 0 Å². The predicted molar refractivity (Wildman–Crippen MR) is 70.9 cm³/mol. The molecule has 5 heteroatoms. The Morgan fingerprint density at radius 2 is 2.00 bits per heavy atom. The van der Waals surface area contributed by atoms with Gasteiger partial charge in [-0.15, -0.1) is 5.10 Å². The minimum Gasteiger partial charge on any atom is -0.476 e. The average molecular weight is 263 g/mol. The molecule has 0 radical (unpaired) electrons. The Morgan fingerprint density at radius 3 is 2.68 bits per heavy atom. The zero-order chi connectivity index (χ0) is 12.9. The third-order valence-electron chi connectivity index (χ3n) is 3.65. The zero-order valence-corrected chi connectivity index (χ0v) is 11.2. The number of ether oxygens (including phenoxy) is 2. The maximum atomic E-state index is 5.69. The van der Waals surface area contributed by atoms with Gasteiger partial charge in [0.05, 0.1) is 12.3 Å². The van der Waals surface area contributed by atoms with Crippen molar-refractivity contribution in [3.8, 4) is 5.88 Å². The number of hydrogen-bond donors (Lipinski definition) is 1. The Kier molecular flexibility index (Phi) is 4.25. The zero-order valence-electron chi connectivity index (χ0n) is 11.2. The van der Waals surface area contributed by atoms with E-state index in [0.717, 1.165) is 44.9 Å². The van der Waals surface area contributed by atoms with Crippen molar-refractivity contribution in [3.05, 3.63) is 17.8 Å². The summed E-state index contributed by atoms with van der Waals surface area (Å²) >= 11 is 0. The van der Waals surface area contributed by atoms with E-state index >= 15 is 0 Å². The van der Waals surface area contributed by atoms with Gasteiger partial charge in [0.25, 0.3) is 0 Å². The molecule has 0 unspecified atom stereocenters. The van der Waals surface area contributed by atoms with Crippen molar-refractivity contribution >= 4 is 0 Å². The van der Waals surface area contributed by atoms with Gasteiger partial charge in [-0.3, -0.25) is 0 Å².